The van der Waals surface area contributed by atoms with E-state index in [0.29, 0.717) is 0 Å². The first-order valence-electron chi connectivity index (χ1n) is 8.38. The van der Waals surface area contributed by atoms with Crippen molar-refractivity contribution in [1.82, 2.24) is 5.32 Å². The van der Waals surface area contributed by atoms with Gasteiger partial charge in [0.1, 0.15) is 11.3 Å². The number of amides is 3. The van der Waals surface area contributed by atoms with Crippen molar-refractivity contribution in [2.75, 3.05) is 11.4 Å². The number of carbonyl (C=O) groups excluding carboxylic acids is 3. The average Bonchev–Trinajstić information content (AvgIpc) is 2.51. The van der Waals surface area contributed by atoms with E-state index >= 15 is 0 Å². The molecule has 1 aromatic carbocycles. The number of hydrogen-bond donors (Lipinski definition) is 1. The average molecular weight is 378 g/mol. The lowest BCUT2D eigenvalue weighted by Gasteiger charge is -2.27. The Labute approximate surface area is 155 Å². The molecule has 0 atom stereocenters. The van der Waals surface area contributed by atoms with Gasteiger partial charge in [0, 0.05) is 24.9 Å². The van der Waals surface area contributed by atoms with Crippen molar-refractivity contribution in [2.45, 2.75) is 45.6 Å². The van der Waals surface area contributed by atoms with E-state index in [1.54, 1.807) is 20.8 Å². The van der Waals surface area contributed by atoms with Gasteiger partial charge >= 0.3 is 12.0 Å². The molecule has 2 rings (SSSR count). The van der Waals surface area contributed by atoms with Gasteiger partial charge in [0.05, 0.1) is 6.42 Å². The molecular formula is C19H20F2N2O4. The lowest BCUT2D eigenvalue weighted by molar-refractivity contribution is -0.154. The number of imide groups is 1. The van der Waals surface area contributed by atoms with Gasteiger partial charge in [-0.15, -0.1) is 0 Å². The molecule has 27 heavy (non-hydrogen) atoms. The van der Waals surface area contributed by atoms with Crippen LogP contribution in [0.3, 0.4) is 0 Å². The highest BCUT2D eigenvalue weighted by molar-refractivity contribution is 6.05. The third-order valence-corrected chi connectivity index (χ3v) is 3.45. The zero-order valence-electron chi connectivity index (χ0n) is 15.3. The van der Waals surface area contributed by atoms with Crippen LogP contribution in [0.1, 0.15) is 45.6 Å². The first kappa shape index (κ1) is 20.4. The Morgan fingerprint density at radius 1 is 1.26 bits per heavy atom. The minimum Gasteiger partial charge on any atom is -0.460 e. The van der Waals surface area contributed by atoms with Crippen molar-refractivity contribution in [3.05, 3.63) is 29.3 Å². The number of urea groups is 1. The van der Waals surface area contributed by atoms with Crippen molar-refractivity contribution in [1.29, 1.82) is 0 Å². The largest absolute Gasteiger partial charge is 0.460 e. The number of nitrogens with one attached hydrogen (secondary N) is 1. The molecule has 6 nitrogen and oxygen atoms in total. The summed E-state index contributed by atoms with van der Waals surface area (Å²) in [5.74, 6) is 2.42. The molecule has 0 saturated carbocycles. The predicted molar refractivity (Wildman–Crippen MR) is 93.8 cm³/mol. The van der Waals surface area contributed by atoms with Crippen LogP contribution >= 0.6 is 0 Å². The molecule has 1 N–H and O–H groups in total. The number of hydrogen-bond acceptors (Lipinski definition) is 4. The molecule has 1 heterocycles. The second kappa shape index (κ2) is 8.16. The molecule has 0 unspecified atom stereocenters. The van der Waals surface area contributed by atoms with Gasteiger partial charge in [-0.05, 0) is 32.9 Å². The van der Waals surface area contributed by atoms with E-state index in [-0.39, 0.29) is 31.4 Å². The highest BCUT2D eigenvalue weighted by atomic mass is 19.1. The number of esters is 1. The highest BCUT2D eigenvalue weighted by Crippen LogP contribution is 2.26. The van der Waals surface area contributed by atoms with E-state index in [0.717, 1.165) is 17.0 Å². The normalized spacial score (nSPS) is 14.3. The minimum absolute atomic E-state index is 0.0448. The molecular weight excluding hydrogens is 358 g/mol. The van der Waals surface area contributed by atoms with Gasteiger partial charge < -0.3 is 4.74 Å². The summed E-state index contributed by atoms with van der Waals surface area (Å²) in [7, 11) is 0. The van der Waals surface area contributed by atoms with Crippen LogP contribution in [0.5, 0.6) is 0 Å². The Morgan fingerprint density at radius 3 is 2.44 bits per heavy atom. The Hall–Kier alpha value is -2.95. The molecule has 1 aliphatic heterocycles. The number of nitrogens with zero attached hydrogens (tertiary/aromatic N) is 1. The Morgan fingerprint density at radius 2 is 1.89 bits per heavy atom. The summed E-state index contributed by atoms with van der Waals surface area (Å²) in [4.78, 5) is 35.3. The first-order chi connectivity index (χ1) is 12.6. The number of benzene rings is 1. The van der Waals surface area contributed by atoms with Crippen molar-refractivity contribution in [3.8, 4) is 11.8 Å². The van der Waals surface area contributed by atoms with E-state index in [1.807, 2.05) is 5.32 Å². The van der Waals surface area contributed by atoms with Gasteiger partial charge in [-0.1, -0.05) is 11.8 Å². The Bertz CT molecular complexity index is 811. The summed E-state index contributed by atoms with van der Waals surface area (Å²) in [6, 6.07) is 1.13. The van der Waals surface area contributed by atoms with Crippen LogP contribution < -0.4 is 10.2 Å². The van der Waals surface area contributed by atoms with Gasteiger partial charge in [0.15, 0.2) is 11.6 Å². The lowest BCUT2D eigenvalue weighted by Crippen LogP contribution is -2.50. The fraction of sp³-hybridized carbons (Fsp3) is 0.421. The van der Waals surface area contributed by atoms with E-state index in [2.05, 4.69) is 11.8 Å². The van der Waals surface area contributed by atoms with Gasteiger partial charge in [-0.25, -0.2) is 13.6 Å². The SMILES string of the molecule is CC(C)(C)OC(=O)CCC#Cc1cc(F)c(N2CCC(=O)NC2=O)c(F)c1. The topological polar surface area (TPSA) is 75.7 Å². The van der Waals surface area contributed by atoms with Gasteiger partial charge in [0.2, 0.25) is 5.91 Å². The number of ether oxygens (including phenoxy) is 1. The maximum atomic E-state index is 14.3. The number of anilines is 1. The predicted octanol–water partition coefficient (Wildman–Crippen LogP) is 2.88. The standard InChI is InChI=1S/C19H20F2N2O4/c1-19(2,3)27-16(25)7-5-4-6-12-10-13(20)17(14(21)11-12)23-9-8-15(24)22-18(23)26/h10-11H,5,7-9H2,1-3H3,(H,22,24,26). The molecule has 0 aliphatic carbocycles. The van der Waals surface area contributed by atoms with Gasteiger partial charge in [0.25, 0.3) is 0 Å². The van der Waals surface area contributed by atoms with Crippen LogP contribution in [0, 0.1) is 23.5 Å². The van der Waals surface area contributed by atoms with E-state index in [9.17, 15) is 23.2 Å². The highest BCUT2D eigenvalue weighted by Gasteiger charge is 2.29. The lowest BCUT2D eigenvalue weighted by atomic mass is 10.1. The summed E-state index contributed by atoms with van der Waals surface area (Å²) < 4.78 is 33.7. The summed E-state index contributed by atoms with van der Waals surface area (Å²) in [6.45, 7) is 5.14. The summed E-state index contributed by atoms with van der Waals surface area (Å²) in [5.41, 5.74) is -1.04. The van der Waals surface area contributed by atoms with Crippen LogP contribution in [0.2, 0.25) is 0 Å². The van der Waals surface area contributed by atoms with Crippen LogP contribution in [0.15, 0.2) is 12.1 Å². The zero-order valence-corrected chi connectivity index (χ0v) is 15.3. The second-order valence-electron chi connectivity index (χ2n) is 6.93. The molecule has 8 heteroatoms. The smallest absolute Gasteiger partial charge is 0.328 e. The first-order valence-corrected chi connectivity index (χ1v) is 8.38. The quantitative estimate of drug-likeness (QED) is 0.648. The van der Waals surface area contributed by atoms with Crippen molar-refractivity contribution in [3.63, 3.8) is 0 Å². The van der Waals surface area contributed by atoms with Crippen LogP contribution in [-0.2, 0) is 14.3 Å². The van der Waals surface area contributed by atoms with E-state index in [1.165, 1.54) is 0 Å². The molecule has 3 amide bonds. The van der Waals surface area contributed by atoms with Crippen LogP contribution in [0.25, 0.3) is 0 Å². The fourth-order valence-electron chi connectivity index (χ4n) is 2.39. The molecule has 0 spiro atoms. The summed E-state index contributed by atoms with van der Waals surface area (Å²) in [6.07, 6.45) is 0.197. The van der Waals surface area contributed by atoms with Gasteiger partial charge in [-0.3, -0.25) is 19.8 Å². The van der Waals surface area contributed by atoms with Crippen molar-refractivity contribution >= 4 is 23.6 Å². The third-order valence-electron chi connectivity index (χ3n) is 3.45. The molecule has 144 valence electrons. The molecule has 0 aromatic heterocycles. The summed E-state index contributed by atoms with van der Waals surface area (Å²) in [5, 5.41) is 2.01. The molecule has 1 aliphatic rings. The maximum absolute atomic E-state index is 14.3. The Balaban J connectivity index is 2.06. The number of carbonyl (C=O) groups is 3. The molecule has 0 bridgehead atoms. The number of halogens is 2. The monoisotopic (exact) mass is 378 g/mol. The van der Waals surface area contributed by atoms with Gasteiger partial charge in [-0.2, -0.15) is 0 Å². The third kappa shape index (κ3) is 5.78. The van der Waals surface area contributed by atoms with Crippen LogP contribution in [0.4, 0.5) is 19.3 Å². The minimum atomic E-state index is -0.962. The maximum Gasteiger partial charge on any atom is 0.328 e. The van der Waals surface area contributed by atoms with Crippen molar-refractivity contribution < 1.29 is 27.9 Å². The van der Waals surface area contributed by atoms with Crippen LogP contribution in [-0.4, -0.2) is 30.1 Å². The van der Waals surface area contributed by atoms with E-state index < -0.39 is 40.8 Å². The van der Waals surface area contributed by atoms with E-state index in [4.69, 9.17) is 4.74 Å². The number of rotatable bonds is 3. The molecule has 1 aromatic rings. The molecule has 1 fully saturated rings. The summed E-state index contributed by atoms with van der Waals surface area (Å²) >= 11 is 0. The zero-order chi connectivity index (χ0) is 20.2. The second-order valence-corrected chi connectivity index (χ2v) is 6.93. The molecule has 0 radical (unpaired) electrons. The molecule has 1 saturated heterocycles. The Kier molecular flexibility index (Phi) is 6.16. The fourth-order valence-corrected chi connectivity index (χ4v) is 2.39. The van der Waals surface area contributed by atoms with Crippen molar-refractivity contribution in [2.24, 2.45) is 0 Å².